The molecule has 0 saturated carbocycles. The number of morpholine rings is 1. The second-order valence-electron chi connectivity index (χ2n) is 4.45. The Balaban J connectivity index is 1.93. The number of hydrogen-bond donors (Lipinski definition) is 3. The van der Waals surface area contributed by atoms with Gasteiger partial charge in [-0.05, 0) is 29.9 Å². The third-order valence-electron chi connectivity index (χ3n) is 3.15. The van der Waals surface area contributed by atoms with Crippen LogP contribution >= 0.6 is 12.2 Å². The molecule has 20 heavy (non-hydrogen) atoms. The van der Waals surface area contributed by atoms with Gasteiger partial charge in [0.05, 0.1) is 18.9 Å². The molecule has 1 heterocycles. The molecule has 108 valence electrons. The topological polar surface area (TPSA) is 48.6 Å². The van der Waals surface area contributed by atoms with Crippen LogP contribution in [0.2, 0.25) is 0 Å². The van der Waals surface area contributed by atoms with Gasteiger partial charge in [0.2, 0.25) is 0 Å². The van der Waals surface area contributed by atoms with E-state index >= 15 is 0 Å². The molecule has 0 amide bonds. The van der Waals surface area contributed by atoms with Crippen LogP contribution in [0, 0.1) is 0 Å². The SMILES string of the molecule is C=C(NNC(=S)NC)c1ccc(N2CCOCC2)cc1. The molecule has 0 aliphatic carbocycles. The molecule has 1 aromatic carbocycles. The minimum Gasteiger partial charge on any atom is -0.378 e. The summed E-state index contributed by atoms with van der Waals surface area (Å²) in [6.45, 7) is 7.45. The standard InChI is InChI=1S/C14H20N4OS/c1-11(16-17-14(20)15-2)12-3-5-13(6-4-12)18-7-9-19-10-8-18/h3-6,16H,1,7-10H2,2H3,(H2,15,17,20). The molecule has 1 aliphatic heterocycles. The lowest BCUT2D eigenvalue weighted by Crippen LogP contribution is -2.41. The summed E-state index contributed by atoms with van der Waals surface area (Å²) >= 11 is 4.99. The van der Waals surface area contributed by atoms with E-state index in [1.165, 1.54) is 5.69 Å². The van der Waals surface area contributed by atoms with Gasteiger partial charge in [0.15, 0.2) is 5.11 Å². The summed E-state index contributed by atoms with van der Waals surface area (Å²) in [7, 11) is 1.76. The summed E-state index contributed by atoms with van der Waals surface area (Å²) in [5.74, 6) is 0. The number of hydrazine groups is 1. The van der Waals surface area contributed by atoms with E-state index in [4.69, 9.17) is 17.0 Å². The maximum absolute atomic E-state index is 5.36. The van der Waals surface area contributed by atoms with Crippen LogP contribution in [0.3, 0.4) is 0 Å². The molecular weight excluding hydrogens is 272 g/mol. The average Bonchev–Trinajstić information content (AvgIpc) is 2.53. The van der Waals surface area contributed by atoms with Crippen LogP contribution in [0.1, 0.15) is 5.56 Å². The minimum atomic E-state index is 0.524. The fraction of sp³-hybridized carbons (Fsp3) is 0.357. The van der Waals surface area contributed by atoms with Crippen molar-refractivity contribution in [3.8, 4) is 0 Å². The molecule has 0 atom stereocenters. The van der Waals surface area contributed by atoms with Crippen molar-refractivity contribution in [1.82, 2.24) is 16.2 Å². The zero-order valence-electron chi connectivity index (χ0n) is 11.6. The number of nitrogens with one attached hydrogen (secondary N) is 3. The Morgan fingerprint density at radius 1 is 1.20 bits per heavy atom. The Morgan fingerprint density at radius 2 is 1.85 bits per heavy atom. The number of thiocarbonyl (C=S) groups is 1. The first-order valence-corrected chi connectivity index (χ1v) is 6.97. The highest BCUT2D eigenvalue weighted by atomic mass is 32.1. The van der Waals surface area contributed by atoms with Gasteiger partial charge in [-0.2, -0.15) is 0 Å². The van der Waals surface area contributed by atoms with Gasteiger partial charge in [-0.3, -0.25) is 10.9 Å². The lowest BCUT2D eigenvalue weighted by atomic mass is 10.1. The number of hydrogen-bond acceptors (Lipinski definition) is 4. The molecule has 5 nitrogen and oxygen atoms in total. The smallest absolute Gasteiger partial charge is 0.184 e. The number of rotatable bonds is 4. The molecule has 1 aromatic rings. The van der Waals surface area contributed by atoms with Crippen LogP contribution < -0.4 is 21.1 Å². The van der Waals surface area contributed by atoms with Crippen molar-refractivity contribution in [2.45, 2.75) is 0 Å². The van der Waals surface area contributed by atoms with Crippen molar-refractivity contribution in [2.24, 2.45) is 0 Å². The van der Waals surface area contributed by atoms with Gasteiger partial charge < -0.3 is 15.0 Å². The van der Waals surface area contributed by atoms with Crippen LogP contribution in [0.5, 0.6) is 0 Å². The summed E-state index contributed by atoms with van der Waals surface area (Å²) in [6.07, 6.45) is 0. The number of anilines is 1. The molecule has 0 aromatic heterocycles. The fourth-order valence-corrected chi connectivity index (χ4v) is 2.01. The van der Waals surface area contributed by atoms with Crippen molar-refractivity contribution in [3.63, 3.8) is 0 Å². The Morgan fingerprint density at radius 3 is 2.45 bits per heavy atom. The third kappa shape index (κ3) is 3.85. The molecule has 1 aliphatic rings. The van der Waals surface area contributed by atoms with E-state index < -0.39 is 0 Å². The average molecular weight is 292 g/mol. The van der Waals surface area contributed by atoms with E-state index in [0.29, 0.717) is 5.11 Å². The molecule has 0 unspecified atom stereocenters. The van der Waals surface area contributed by atoms with Gasteiger partial charge in [0, 0.05) is 25.8 Å². The van der Waals surface area contributed by atoms with Crippen molar-refractivity contribution in [3.05, 3.63) is 36.4 Å². The first kappa shape index (κ1) is 14.6. The summed E-state index contributed by atoms with van der Waals surface area (Å²) < 4.78 is 5.36. The molecule has 1 fully saturated rings. The van der Waals surface area contributed by atoms with E-state index in [1.807, 2.05) is 12.1 Å². The zero-order valence-corrected chi connectivity index (χ0v) is 12.4. The first-order chi connectivity index (χ1) is 9.70. The fourth-order valence-electron chi connectivity index (χ4n) is 1.96. The maximum Gasteiger partial charge on any atom is 0.184 e. The van der Waals surface area contributed by atoms with Gasteiger partial charge in [0.25, 0.3) is 0 Å². The Kier molecular flexibility index (Phi) is 5.20. The van der Waals surface area contributed by atoms with Crippen LogP contribution in [-0.4, -0.2) is 38.5 Å². The van der Waals surface area contributed by atoms with Crippen molar-refractivity contribution >= 4 is 28.7 Å². The zero-order chi connectivity index (χ0) is 14.4. The van der Waals surface area contributed by atoms with E-state index in [2.05, 4.69) is 39.8 Å². The van der Waals surface area contributed by atoms with Crippen LogP contribution in [-0.2, 0) is 4.74 Å². The van der Waals surface area contributed by atoms with E-state index in [0.717, 1.165) is 37.6 Å². The maximum atomic E-state index is 5.36. The molecule has 0 spiro atoms. The summed E-state index contributed by atoms with van der Waals surface area (Å²) in [6, 6.07) is 8.29. The molecule has 0 bridgehead atoms. The number of benzene rings is 1. The van der Waals surface area contributed by atoms with Gasteiger partial charge in [-0.15, -0.1) is 0 Å². The molecule has 0 radical (unpaired) electrons. The predicted octanol–water partition coefficient (Wildman–Crippen LogP) is 1.09. The van der Waals surface area contributed by atoms with Crippen LogP contribution in [0.15, 0.2) is 30.8 Å². The Bertz CT molecular complexity index is 469. The lowest BCUT2D eigenvalue weighted by Gasteiger charge is -2.29. The van der Waals surface area contributed by atoms with Gasteiger partial charge in [-0.25, -0.2) is 0 Å². The van der Waals surface area contributed by atoms with Gasteiger partial charge in [-0.1, -0.05) is 18.7 Å². The molecule has 2 rings (SSSR count). The highest BCUT2D eigenvalue weighted by molar-refractivity contribution is 7.80. The van der Waals surface area contributed by atoms with Crippen LogP contribution in [0.4, 0.5) is 5.69 Å². The molecule has 1 saturated heterocycles. The van der Waals surface area contributed by atoms with Crippen LogP contribution in [0.25, 0.3) is 5.70 Å². The van der Waals surface area contributed by atoms with Crippen molar-refractivity contribution in [1.29, 1.82) is 0 Å². The van der Waals surface area contributed by atoms with E-state index in [1.54, 1.807) is 7.05 Å². The number of nitrogens with zero attached hydrogens (tertiary/aromatic N) is 1. The highest BCUT2D eigenvalue weighted by Gasteiger charge is 2.11. The third-order valence-corrected chi connectivity index (χ3v) is 3.45. The summed E-state index contributed by atoms with van der Waals surface area (Å²) in [4.78, 5) is 2.32. The second-order valence-corrected chi connectivity index (χ2v) is 4.86. The Hall–Kier alpha value is -1.79. The summed E-state index contributed by atoms with van der Waals surface area (Å²) in [5.41, 5.74) is 8.83. The first-order valence-electron chi connectivity index (χ1n) is 6.56. The minimum absolute atomic E-state index is 0.524. The van der Waals surface area contributed by atoms with Crippen molar-refractivity contribution < 1.29 is 4.74 Å². The van der Waals surface area contributed by atoms with Crippen molar-refractivity contribution in [2.75, 3.05) is 38.3 Å². The quantitative estimate of drug-likeness (QED) is 0.570. The number of ether oxygens (including phenoxy) is 1. The highest BCUT2D eigenvalue weighted by Crippen LogP contribution is 2.18. The van der Waals surface area contributed by atoms with Gasteiger partial charge >= 0.3 is 0 Å². The summed E-state index contributed by atoms with van der Waals surface area (Å²) in [5, 5.41) is 3.35. The molecule has 3 N–H and O–H groups in total. The Labute approximate surface area is 125 Å². The largest absolute Gasteiger partial charge is 0.378 e. The normalized spacial score (nSPS) is 14.6. The lowest BCUT2D eigenvalue weighted by molar-refractivity contribution is 0.122. The predicted molar refractivity (Wildman–Crippen MR) is 86.4 cm³/mol. The monoisotopic (exact) mass is 292 g/mol. The van der Waals surface area contributed by atoms with Gasteiger partial charge in [0.1, 0.15) is 0 Å². The molecular formula is C14H20N4OS. The van der Waals surface area contributed by atoms with E-state index in [-0.39, 0.29) is 0 Å². The second kappa shape index (κ2) is 7.12. The molecule has 6 heteroatoms. The van der Waals surface area contributed by atoms with E-state index in [9.17, 15) is 0 Å².